The molecule has 0 aliphatic rings. The highest BCUT2D eigenvalue weighted by Crippen LogP contribution is 2.18. The van der Waals surface area contributed by atoms with E-state index in [0.29, 0.717) is 10.7 Å². The smallest absolute Gasteiger partial charge is 0.226 e. The number of nitrogens with zero attached hydrogens (tertiary/aromatic N) is 3. The molecule has 0 saturated heterocycles. The fourth-order valence-electron chi connectivity index (χ4n) is 1.14. The Morgan fingerprint density at radius 2 is 2.19 bits per heavy atom. The summed E-state index contributed by atoms with van der Waals surface area (Å²) < 4.78 is 13.2. The first-order valence-corrected chi connectivity index (χ1v) is 5.72. The molecule has 0 spiro atoms. The topological polar surface area (TPSA) is 38.1 Å². The van der Waals surface area contributed by atoms with Gasteiger partial charge in [0, 0.05) is 11.8 Å². The maximum atomic E-state index is 13.2. The molecule has 0 N–H and O–H groups in total. The zero-order valence-corrected chi connectivity index (χ0v) is 9.54. The van der Waals surface area contributed by atoms with E-state index in [1.807, 2.05) is 6.92 Å². The van der Waals surface area contributed by atoms with Crippen LogP contribution in [0.3, 0.4) is 0 Å². The quantitative estimate of drug-likeness (QED) is 0.767. The van der Waals surface area contributed by atoms with Gasteiger partial charge in [-0.05, 0) is 12.5 Å². The van der Waals surface area contributed by atoms with Crippen molar-refractivity contribution in [2.45, 2.75) is 13.3 Å². The molecule has 0 fully saturated rings. The molecule has 3 nitrogen and oxygen atoms in total. The van der Waals surface area contributed by atoms with Crippen molar-refractivity contribution in [2.24, 2.45) is 4.99 Å². The molecule has 5 heteroatoms. The van der Waals surface area contributed by atoms with Crippen LogP contribution in [0, 0.1) is 5.82 Å². The van der Waals surface area contributed by atoms with E-state index in [1.165, 1.54) is 23.6 Å². The molecule has 0 unspecified atom stereocenters. The summed E-state index contributed by atoms with van der Waals surface area (Å²) in [5, 5.41) is 9.30. The van der Waals surface area contributed by atoms with Crippen molar-refractivity contribution in [3.8, 4) is 0 Å². The molecule has 82 valence electrons. The van der Waals surface area contributed by atoms with E-state index in [-0.39, 0.29) is 5.82 Å². The molecule has 1 aromatic carbocycles. The molecule has 1 aromatic heterocycles. The lowest BCUT2D eigenvalue weighted by Gasteiger charge is -1.92. The van der Waals surface area contributed by atoms with Crippen LogP contribution in [0.4, 0.5) is 9.52 Å². The van der Waals surface area contributed by atoms with Crippen molar-refractivity contribution in [2.75, 3.05) is 0 Å². The summed E-state index contributed by atoms with van der Waals surface area (Å²) in [6, 6.07) is 6.48. The average Bonchev–Trinajstić information content (AvgIpc) is 2.76. The minimum Gasteiger partial charge on any atom is -0.226 e. The van der Waals surface area contributed by atoms with Crippen LogP contribution in [-0.4, -0.2) is 16.4 Å². The Morgan fingerprint density at radius 1 is 1.38 bits per heavy atom. The normalized spacial score (nSPS) is 11.1. The van der Waals surface area contributed by atoms with Gasteiger partial charge in [-0.1, -0.05) is 36.5 Å². The molecule has 0 bridgehead atoms. The number of halogens is 1. The van der Waals surface area contributed by atoms with Gasteiger partial charge in [-0.3, -0.25) is 0 Å². The van der Waals surface area contributed by atoms with Gasteiger partial charge >= 0.3 is 0 Å². The van der Waals surface area contributed by atoms with E-state index in [2.05, 4.69) is 15.2 Å². The first-order chi connectivity index (χ1) is 7.79. The molecule has 0 saturated carbocycles. The van der Waals surface area contributed by atoms with Crippen molar-refractivity contribution < 1.29 is 4.39 Å². The minimum atomic E-state index is -0.286. The second-order valence-corrected chi connectivity index (χ2v) is 4.15. The average molecular weight is 235 g/mol. The fraction of sp³-hybridized carbons (Fsp3) is 0.182. The molecular formula is C11H10FN3S. The second-order valence-electron chi connectivity index (χ2n) is 3.11. The van der Waals surface area contributed by atoms with E-state index >= 15 is 0 Å². The van der Waals surface area contributed by atoms with Gasteiger partial charge in [0.25, 0.3) is 0 Å². The fourth-order valence-corrected chi connectivity index (χ4v) is 1.77. The van der Waals surface area contributed by atoms with E-state index in [0.717, 1.165) is 11.4 Å². The van der Waals surface area contributed by atoms with Crippen molar-refractivity contribution in [1.29, 1.82) is 0 Å². The van der Waals surface area contributed by atoms with Crippen LogP contribution in [0.5, 0.6) is 0 Å². The maximum Gasteiger partial charge on any atom is 0.231 e. The van der Waals surface area contributed by atoms with Gasteiger partial charge in [-0.25, -0.2) is 9.38 Å². The van der Waals surface area contributed by atoms with Gasteiger partial charge in [0.1, 0.15) is 10.8 Å². The van der Waals surface area contributed by atoms with Gasteiger partial charge in [0.05, 0.1) is 0 Å². The summed E-state index contributed by atoms with van der Waals surface area (Å²) in [6.45, 7) is 2.00. The monoisotopic (exact) mass is 235 g/mol. The van der Waals surface area contributed by atoms with Crippen molar-refractivity contribution in [3.63, 3.8) is 0 Å². The Hall–Kier alpha value is -1.62. The molecule has 0 atom stereocenters. The Balaban J connectivity index is 2.18. The summed E-state index contributed by atoms with van der Waals surface area (Å²) in [6.07, 6.45) is 2.31. The Bertz CT molecular complexity index is 507. The molecule has 16 heavy (non-hydrogen) atoms. The summed E-state index contributed by atoms with van der Waals surface area (Å²) >= 11 is 1.42. The Kier molecular flexibility index (Phi) is 3.36. The number of hydrogen-bond donors (Lipinski definition) is 0. The van der Waals surface area contributed by atoms with E-state index in [1.54, 1.807) is 18.2 Å². The van der Waals surface area contributed by atoms with Crippen LogP contribution in [-0.2, 0) is 6.42 Å². The molecule has 0 radical (unpaired) electrons. The number of hydrogen-bond acceptors (Lipinski definition) is 4. The lowest BCUT2D eigenvalue weighted by molar-refractivity contribution is 0.626. The molecule has 0 aliphatic heterocycles. The first kappa shape index (κ1) is 10.9. The highest BCUT2D eigenvalue weighted by Gasteiger charge is 2.00. The first-order valence-electron chi connectivity index (χ1n) is 4.90. The largest absolute Gasteiger partial charge is 0.231 e. The number of rotatable bonds is 3. The standard InChI is InChI=1S/C11H10FN3S/c1-2-10-14-15-11(16-10)13-7-8-5-3-4-6-9(8)12/h3-7H,2H2,1H3/b13-7+. The maximum absolute atomic E-state index is 13.2. The molecule has 1 heterocycles. The van der Waals surface area contributed by atoms with Crippen LogP contribution in [0.2, 0.25) is 0 Å². The molecule has 2 rings (SSSR count). The zero-order chi connectivity index (χ0) is 11.4. The summed E-state index contributed by atoms with van der Waals surface area (Å²) in [5.74, 6) is -0.286. The Labute approximate surface area is 96.7 Å². The lowest BCUT2D eigenvalue weighted by atomic mass is 10.2. The highest BCUT2D eigenvalue weighted by molar-refractivity contribution is 7.14. The van der Waals surface area contributed by atoms with E-state index < -0.39 is 0 Å². The second kappa shape index (κ2) is 4.94. The van der Waals surface area contributed by atoms with E-state index in [9.17, 15) is 4.39 Å². The van der Waals surface area contributed by atoms with E-state index in [4.69, 9.17) is 0 Å². The van der Waals surface area contributed by atoms with Crippen LogP contribution < -0.4 is 0 Å². The van der Waals surface area contributed by atoms with Crippen molar-refractivity contribution in [3.05, 3.63) is 40.7 Å². The van der Waals surface area contributed by atoms with Gasteiger partial charge in [0.2, 0.25) is 5.13 Å². The van der Waals surface area contributed by atoms with Crippen LogP contribution >= 0.6 is 11.3 Å². The lowest BCUT2D eigenvalue weighted by Crippen LogP contribution is -1.85. The highest BCUT2D eigenvalue weighted by atomic mass is 32.1. The number of aryl methyl sites for hydroxylation is 1. The minimum absolute atomic E-state index is 0.286. The van der Waals surface area contributed by atoms with Gasteiger partial charge in [-0.15, -0.1) is 10.2 Å². The van der Waals surface area contributed by atoms with Crippen molar-refractivity contribution >= 4 is 22.7 Å². The summed E-state index contributed by atoms with van der Waals surface area (Å²) in [5.41, 5.74) is 0.454. The van der Waals surface area contributed by atoms with Gasteiger partial charge in [-0.2, -0.15) is 0 Å². The van der Waals surface area contributed by atoms with Gasteiger partial charge < -0.3 is 0 Å². The van der Waals surface area contributed by atoms with Crippen molar-refractivity contribution in [1.82, 2.24) is 10.2 Å². The molecular weight excluding hydrogens is 225 g/mol. The van der Waals surface area contributed by atoms with Gasteiger partial charge in [0.15, 0.2) is 0 Å². The van der Waals surface area contributed by atoms with Crippen LogP contribution in [0.15, 0.2) is 29.3 Å². The third kappa shape index (κ3) is 2.49. The Morgan fingerprint density at radius 3 is 2.88 bits per heavy atom. The van der Waals surface area contributed by atoms with Crippen LogP contribution in [0.25, 0.3) is 0 Å². The molecule has 0 amide bonds. The predicted octanol–water partition coefficient (Wildman–Crippen LogP) is 2.99. The summed E-state index contributed by atoms with van der Waals surface area (Å²) in [4.78, 5) is 4.09. The third-order valence-corrected chi connectivity index (χ3v) is 2.95. The molecule has 2 aromatic rings. The number of aliphatic imine (C=N–C) groups is 1. The summed E-state index contributed by atoms with van der Waals surface area (Å²) in [7, 11) is 0. The molecule has 0 aliphatic carbocycles. The van der Waals surface area contributed by atoms with Crippen LogP contribution in [0.1, 0.15) is 17.5 Å². The SMILES string of the molecule is CCc1nnc(/N=C/c2ccccc2F)s1. The predicted molar refractivity (Wildman–Crippen MR) is 62.9 cm³/mol. The number of aromatic nitrogens is 2. The third-order valence-electron chi connectivity index (χ3n) is 1.98. The number of benzene rings is 1. The zero-order valence-electron chi connectivity index (χ0n) is 8.72.